The van der Waals surface area contributed by atoms with E-state index in [-0.39, 0.29) is 5.12 Å². The van der Waals surface area contributed by atoms with E-state index in [1.165, 1.54) is 0 Å². The van der Waals surface area contributed by atoms with Crippen LogP contribution < -0.4 is 4.74 Å². The predicted octanol–water partition coefficient (Wildman–Crippen LogP) is 3.11. The third-order valence-electron chi connectivity index (χ3n) is 2.32. The summed E-state index contributed by atoms with van der Waals surface area (Å²) in [6, 6.07) is 3.64. The maximum absolute atomic E-state index is 11.3. The second kappa shape index (κ2) is 7.03. The average molecular weight is 319 g/mol. The Hall–Kier alpha value is -0.520. The Kier molecular flexibility index (Phi) is 6.02. The van der Waals surface area contributed by atoms with E-state index in [0.29, 0.717) is 29.0 Å². The summed E-state index contributed by atoms with van der Waals surface area (Å²) in [5.41, 5.74) is 1.56. The Balaban J connectivity index is 3.04. The Bertz CT molecular complexity index is 407. The summed E-state index contributed by atoms with van der Waals surface area (Å²) in [5, 5.41) is -0.281. The van der Waals surface area contributed by atoms with E-state index in [1.54, 1.807) is 13.2 Å². The second-order valence-electron chi connectivity index (χ2n) is 3.42. The maximum Gasteiger partial charge on any atom is 0.217 e. The number of halogens is 1. The van der Waals surface area contributed by atoms with E-state index in [0.717, 1.165) is 12.0 Å². The van der Waals surface area contributed by atoms with Crippen molar-refractivity contribution in [3.63, 3.8) is 0 Å². The smallest absolute Gasteiger partial charge is 0.217 e. The van der Waals surface area contributed by atoms with Gasteiger partial charge in [0.1, 0.15) is 12.4 Å². The quantitative estimate of drug-likeness (QED) is 0.646. The molecular formula is C12H15BrO3S. The van der Waals surface area contributed by atoms with Crippen LogP contribution in [0, 0.1) is 0 Å². The fourth-order valence-electron chi connectivity index (χ4n) is 1.42. The number of hydrogen-bond acceptors (Lipinski definition) is 3. The van der Waals surface area contributed by atoms with Crippen molar-refractivity contribution in [3.05, 3.63) is 27.7 Å². The minimum Gasteiger partial charge on any atom is -0.490 e. The van der Waals surface area contributed by atoms with E-state index >= 15 is 0 Å². The van der Waals surface area contributed by atoms with Gasteiger partial charge in [-0.15, -0.1) is 12.6 Å². The summed E-state index contributed by atoms with van der Waals surface area (Å²) in [6.07, 6.45) is 0.835. The first kappa shape index (κ1) is 14.5. The molecule has 1 aromatic carbocycles. The molecule has 1 aromatic rings. The van der Waals surface area contributed by atoms with Crippen molar-refractivity contribution in [2.75, 3.05) is 20.3 Å². The van der Waals surface area contributed by atoms with Crippen molar-refractivity contribution in [2.24, 2.45) is 0 Å². The van der Waals surface area contributed by atoms with Gasteiger partial charge in [-0.1, -0.05) is 13.0 Å². The lowest BCUT2D eigenvalue weighted by Gasteiger charge is -2.14. The molecule has 17 heavy (non-hydrogen) atoms. The lowest BCUT2D eigenvalue weighted by Crippen LogP contribution is -2.07. The number of ether oxygens (including phenoxy) is 2. The molecule has 0 bridgehead atoms. The van der Waals surface area contributed by atoms with Gasteiger partial charge in [0.2, 0.25) is 5.12 Å². The third-order valence-corrected chi connectivity index (χ3v) is 3.35. The third kappa shape index (κ3) is 3.72. The summed E-state index contributed by atoms with van der Waals surface area (Å²) in [6.45, 7) is 2.99. The van der Waals surface area contributed by atoms with Gasteiger partial charge in [-0.3, -0.25) is 4.79 Å². The molecule has 0 amide bonds. The largest absolute Gasteiger partial charge is 0.490 e. The van der Waals surface area contributed by atoms with E-state index in [9.17, 15) is 4.79 Å². The van der Waals surface area contributed by atoms with Crippen LogP contribution in [0.4, 0.5) is 0 Å². The molecule has 0 spiro atoms. The molecule has 0 fully saturated rings. The van der Waals surface area contributed by atoms with Crippen LogP contribution in [0.3, 0.4) is 0 Å². The van der Waals surface area contributed by atoms with Gasteiger partial charge in [-0.2, -0.15) is 0 Å². The lowest BCUT2D eigenvalue weighted by molar-refractivity contribution is 0.108. The number of methoxy groups -OCH3 is 1. The first-order valence-electron chi connectivity index (χ1n) is 5.28. The summed E-state index contributed by atoms with van der Waals surface area (Å²) < 4.78 is 11.2. The molecule has 0 unspecified atom stereocenters. The van der Waals surface area contributed by atoms with Crippen LogP contribution in [0.1, 0.15) is 22.8 Å². The topological polar surface area (TPSA) is 35.5 Å². The molecule has 0 atom stereocenters. The van der Waals surface area contributed by atoms with Gasteiger partial charge in [0.05, 0.1) is 11.1 Å². The molecule has 1 rings (SSSR count). The number of thiol groups is 1. The van der Waals surface area contributed by atoms with Crippen molar-refractivity contribution >= 4 is 33.7 Å². The number of aryl methyl sites for hydroxylation is 1. The second-order valence-corrected chi connectivity index (χ2v) is 4.61. The summed E-state index contributed by atoms with van der Waals surface area (Å²) >= 11 is 7.22. The highest BCUT2D eigenvalue weighted by molar-refractivity contribution is 9.10. The fraction of sp³-hybridized carbons (Fsp3) is 0.417. The van der Waals surface area contributed by atoms with Crippen LogP contribution in [0.15, 0.2) is 16.6 Å². The fourth-order valence-corrected chi connectivity index (χ4v) is 2.44. The molecule has 0 aliphatic heterocycles. The first-order valence-corrected chi connectivity index (χ1v) is 6.52. The van der Waals surface area contributed by atoms with Gasteiger partial charge in [0, 0.05) is 12.7 Å². The summed E-state index contributed by atoms with van der Waals surface area (Å²) in [7, 11) is 1.62. The first-order chi connectivity index (χ1) is 8.11. The minimum absolute atomic E-state index is 0.281. The van der Waals surface area contributed by atoms with Crippen molar-refractivity contribution in [1.82, 2.24) is 0 Å². The normalized spacial score (nSPS) is 10.4. The maximum atomic E-state index is 11.3. The number of carbonyl (C=O) groups excluding carboxylic acids is 1. The molecule has 5 heteroatoms. The molecule has 0 radical (unpaired) electrons. The van der Waals surface area contributed by atoms with Crippen LogP contribution in [-0.4, -0.2) is 25.4 Å². The Morgan fingerprint density at radius 1 is 1.41 bits per heavy atom. The van der Waals surface area contributed by atoms with Gasteiger partial charge in [-0.25, -0.2) is 0 Å². The number of rotatable bonds is 6. The van der Waals surface area contributed by atoms with Gasteiger partial charge in [-0.05, 0) is 34.0 Å². The van der Waals surface area contributed by atoms with Gasteiger partial charge in [0.25, 0.3) is 0 Å². The standard InChI is InChI=1S/C12H15BrO3S/c1-3-8-4-5-9(12(14)17)10(13)11(8)16-7-6-15-2/h4-5H,3,6-7H2,1-2H3,(H,14,17). The Morgan fingerprint density at radius 3 is 2.65 bits per heavy atom. The molecule has 0 aliphatic rings. The minimum atomic E-state index is -0.281. The van der Waals surface area contributed by atoms with Crippen LogP contribution in [-0.2, 0) is 11.2 Å². The number of hydrogen-bond donors (Lipinski definition) is 1. The molecule has 3 nitrogen and oxygen atoms in total. The SMILES string of the molecule is CCc1ccc(C(=O)S)c(Br)c1OCCOC. The Morgan fingerprint density at radius 2 is 2.12 bits per heavy atom. The van der Waals surface area contributed by atoms with E-state index in [1.807, 2.05) is 13.0 Å². The zero-order valence-electron chi connectivity index (χ0n) is 9.83. The zero-order chi connectivity index (χ0) is 12.8. The molecule has 0 saturated heterocycles. The van der Waals surface area contributed by atoms with Crippen LogP contribution >= 0.6 is 28.6 Å². The summed E-state index contributed by atoms with van der Waals surface area (Å²) in [4.78, 5) is 11.3. The van der Waals surface area contributed by atoms with Crippen molar-refractivity contribution in [3.8, 4) is 5.75 Å². The van der Waals surface area contributed by atoms with E-state index < -0.39 is 0 Å². The monoisotopic (exact) mass is 318 g/mol. The highest BCUT2D eigenvalue weighted by atomic mass is 79.9. The molecule has 0 N–H and O–H groups in total. The summed E-state index contributed by atoms with van der Waals surface area (Å²) in [5.74, 6) is 0.699. The molecule has 0 saturated carbocycles. The van der Waals surface area contributed by atoms with Crippen LogP contribution in [0.25, 0.3) is 0 Å². The molecular weight excluding hydrogens is 304 g/mol. The van der Waals surface area contributed by atoms with Crippen LogP contribution in [0.5, 0.6) is 5.75 Å². The molecule has 0 heterocycles. The highest BCUT2D eigenvalue weighted by Gasteiger charge is 2.14. The highest BCUT2D eigenvalue weighted by Crippen LogP contribution is 2.33. The average Bonchev–Trinajstić information content (AvgIpc) is 2.30. The predicted molar refractivity (Wildman–Crippen MR) is 74.2 cm³/mol. The molecule has 0 aliphatic carbocycles. The zero-order valence-corrected chi connectivity index (χ0v) is 12.3. The van der Waals surface area contributed by atoms with Crippen molar-refractivity contribution < 1.29 is 14.3 Å². The van der Waals surface area contributed by atoms with Gasteiger partial charge < -0.3 is 9.47 Å². The van der Waals surface area contributed by atoms with E-state index in [2.05, 4.69) is 28.6 Å². The van der Waals surface area contributed by atoms with Gasteiger partial charge >= 0.3 is 0 Å². The molecule has 94 valence electrons. The van der Waals surface area contributed by atoms with Crippen LogP contribution in [0.2, 0.25) is 0 Å². The number of carbonyl (C=O) groups is 1. The van der Waals surface area contributed by atoms with Crippen molar-refractivity contribution in [1.29, 1.82) is 0 Å². The van der Waals surface area contributed by atoms with Gasteiger partial charge in [0.15, 0.2) is 0 Å². The lowest BCUT2D eigenvalue weighted by atomic mass is 10.1. The van der Waals surface area contributed by atoms with Crippen molar-refractivity contribution in [2.45, 2.75) is 13.3 Å². The molecule has 0 aromatic heterocycles. The van der Waals surface area contributed by atoms with E-state index in [4.69, 9.17) is 9.47 Å². The Labute approximate surface area is 115 Å². The number of benzene rings is 1.